The van der Waals surface area contributed by atoms with E-state index in [9.17, 15) is 14.0 Å². The van der Waals surface area contributed by atoms with Gasteiger partial charge in [0.15, 0.2) is 0 Å². The summed E-state index contributed by atoms with van der Waals surface area (Å²) in [6, 6.07) is 7.73. The van der Waals surface area contributed by atoms with Gasteiger partial charge >= 0.3 is 5.97 Å². The van der Waals surface area contributed by atoms with Gasteiger partial charge in [-0.25, -0.2) is 9.18 Å². The third kappa shape index (κ3) is 2.31. The van der Waals surface area contributed by atoms with Gasteiger partial charge in [0.05, 0.1) is 18.4 Å². The number of rotatable bonds is 2. The summed E-state index contributed by atoms with van der Waals surface area (Å²) in [7, 11) is 1.31. The number of methoxy groups -OCH3 is 1. The lowest BCUT2D eigenvalue weighted by molar-refractivity contribution is 0.0601. The Labute approximate surface area is 118 Å². The van der Waals surface area contributed by atoms with Crippen LogP contribution < -0.4 is 5.56 Å². The molecule has 0 atom stereocenters. The first kappa shape index (κ1) is 13.1. The van der Waals surface area contributed by atoms with Gasteiger partial charge in [-0.2, -0.15) is 0 Å². The van der Waals surface area contributed by atoms with Crippen molar-refractivity contribution in [2.75, 3.05) is 7.11 Å². The van der Waals surface area contributed by atoms with Gasteiger partial charge in [0.1, 0.15) is 11.3 Å². The number of carbonyl (C=O) groups excluding carboxylic acids is 1. The number of halogens is 1. The van der Waals surface area contributed by atoms with E-state index in [2.05, 4.69) is 9.72 Å². The number of esters is 1. The van der Waals surface area contributed by atoms with E-state index in [1.807, 2.05) is 0 Å². The van der Waals surface area contributed by atoms with Crippen LogP contribution in [0.25, 0.3) is 16.8 Å². The van der Waals surface area contributed by atoms with E-state index in [0.717, 1.165) is 0 Å². The molecule has 5 nitrogen and oxygen atoms in total. The highest BCUT2D eigenvalue weighted by Gasteiger charge is 2.08. The van der Waals surface area contributed by atoms with Crippen LogP contribution in [0.3, 0.4) is 0 Å². The van der Waals surface area contributed by atoms with Crippen molar-refractivity contribution in [2.45, 2.75) is 0 Å². The number of fused-ring (bicyclic) bond motifs is 1. The van der Waals surface area contributed by atoms with Crippen LogP contribution in [0.5, 0.6) is 0 Å². The molecule has 0 aliphatic heterocycles. The molecule has 2 heterocycles. The maximum Gasteiger partial charge on any atom is 0.337 e. The van der Waals surface area contributed by atoms with Gasteiger partial charge in [-0.1, -0.05) is 12.1 Å². The van der Waals surface area contributed by atoms with Crippen molar-refractivity contribution < 1.29 is 13.9 Å². The van der Waals surface area contributed by atoms with Crippen LogP contribution >= 0.6 is 0 Å². The molecule has 1 N–H and O–H groups in total. The maximum atomic E-state index is 13.2. The number of H-pyrrole nitrogens is 1. The molecule has 0 saturated heterocycles. The zero-order valence-corrected chi connectivity index (χ0v) is 11.1. The number of nitrogens with zero attached hydrogens (tertiary/aromatic N) is 1. The average Bonchev–Trinajstić information content (AvgIpc) is 2.87. The van der Waals surface area contributed by atoms with Crippen LogP contribution in [-0.4, -0.2) is 22.5 Å². The average molecular weight is 286 g/mol. The fourth-order valence-electron chi connectivity index (χ4n) is 2.14. The van der Waals surface area contributed by atoms with Crippen LogP contribution in [0.2, 0.25) is 0 Å². The third-order valence-corrected chi connectivity index (χ3v) is 3.18. The fourth-order valence-corrected chi connectivity index (χ4v) is 2.14. The zero-order chi connectivity index (χ0) is 15.0. The highest BCUT2D eigenvalue weighted by atomic mass is 19.1. The van der Waals surface area contributed by atoms with Gasteiger partial charge in [-0.05, 0) is 17.7 Å². The molecule has 6 heteroatoms. The number of aromatic amines is 1. The summed E-state index contributed by atoms with van der Waals surface area (Å²) in [5.41, 5.74) is 1.50. The second kappa shape index (κ2) is 4.90. The van der Waals surface area contributed by atoms with E-state index >= 15 is 0 Å². The number of benzene rings is 1. The molecule has 21 heavy (non-hydrogen) atoms. The Morgan fingerprint density at radius 2 is 1.95 bits per heavy atom. The Morgan fingerprint density at radius 1 is 1.24 bits per heavy atom. The molecule has 0 aliphatic rings. The highest BCUT2D eigenvalue weighted by Crippen LogP contribution is 2.18. The Morgan fingerprint density at radius 3 is 2.62 bits per heavy atom. The molecule has 0 spiro atoms. The molecule has 0 saturated carbocycles. The molecule has 2 aromatic heterocycles. The summed E-state index contributed by atoms with van der Waals surface area (Å²) in [4.78, 5) is 25.9. The van der Waals surface area contributed by atoms with Crippen molar-refractivity contribution in [2.24, 2.45) is 0 Å². The topological polar surface area (TPSA) is 63.6 Å². The summed E-state index contributed by atoms with van der Waals surface area (Å²) < 4.78 is 19.2. The zero-order valence-electron chi connectivity index (χ0n) is 11.1. The molecular formula is C15H11FN2O3. The first-order chi connectivity index (χ1) is 10.1. The summed E-state index contributed by atoms with van der Waals surface area (Å²) >= 11 is 0. The summed E-state index contributed by atoms with van der Waals surface area (Å²) in [6.45, 7) is 0. The standard InChI is InChI=1S/C15H11FN2O3/c1-21-15(20)10-4-2-9(3-5-10)12-8-18-7-11(16)6-13(18)14(19)17-12/h2-8H,1H3,(H,17,19). The van der Waals surface area contributed by atoms with Crippen LogP contribution in [0.4, 0.5) is 4.39 Å². The summed E-state index contributed by atoms with van der Waals surface area (Å²) in [6.07, 6.45) is 2.85. The lowest BCUT2D eigenvalue weighted by Crippen LogP contribution is -2.10. The SMILES string of the molecule is COC(=O)c1ccc(-c2cn3cc(F)cc3c(=O)[nH]2)cc1. The molecule has 0 bridgehead atoms. The van der Waals surface area contributed by atoms with E-state index in [0.29, 0.717) is 16.8 Å². The fraction of sp³-hybridized carbons (Fsp3) is 0.0667. The van der Waals surface area contributed by atoms with Crippen LogP contribution in [0, 0.1) is 5.82 Å². The van der Waals surface area contributed by atoms with Gasteiger partial charge in [-0.3, -0.25) is 4.79 Å². The number of hydrogen-bond donors (Lipinski definition) is 1. The minimum absolute atomic E-state index is 0.238. The Kier molecular flexibility index (Phi) is 3.06. The van der Waals surface area contributed by atoms with Gasteiger partial charge < -0.3 is 14.1 Å². The quantitative estimate of drug-likeness (QED) is 0.735. The second-order valence-electron chi connectivity index (χ2n) is 4.52. The highest BCUT2D eigenvalue weighted by molar-refractivity contribution is 5.89. The number of hydrogen-bond acceptors (Lipinski definition) is 3. The normalized spacial score (nSPS) is 10.8. The van der Waals surface area contributed by atoms with Crippen molar-refractivity contribution in [1.82, 2.24) is 9.38 Å². The summed E-state index contributed by atoms with van der Waals surface area (Å²) in [5, 5.41) is 0. The molecule has 1 aromatic carbocycles. The predicted molar refractivity (Wildman–Crippen MR) is 74.8 cm³/mol. The lowest BCUT2D eigenvalue weighted by Gasteiger charge is -2.04. The van der Waals surface area contributed by atoms with E-state index in [4.69, 9.17) is 0 Å². The van der Waals surface area contributed by atoms with Gasteiger partial charge in [0, 0.05) is 18.5 Å². The molecule has 0 fully saturated rings. The van der Waals surface area contributed by atoms with Crippen molar-refractivity contribution in [3.05, 3.63) is 64.5 Å². The Balaban J connectivity index is 2.07. The van der Waals surface area contributed by atoms with Crippen LogP contribution in [-0.2, 0) is 4.74 Å². The first-order valence-electron chi connectivity index (χ1n) is 6.18. The van der Waals surface area contributed by atoms with Crippen molar-refractivity contribution in [3.63, 3.8) is 0 Å². The number of carbonyl (C=O) groups is 1. The van der Waals surface area contributed by atoms with E-state index in [1.165, 1.54) is 23.8 Å². The molecule has 3 aromatic rings. The Bertz CT molecular complexity index is 878. The third-order valence-electron chi connectivity index (χ3n) is 3.18. The van der Waals surface area contributed by atoms with E-state index < -0.39 is 11.8 Å². The van der Waals surface area contributed by atoms with Crippen LogP contribution in [0.1, 0.15) is 10.4 Å². The van der Waals surface area contributed by atoms with Gasteiger partial charge in [-0.15, -0.1) is 0 Å². The monoisotopic (exact) mass is 286 g/mol. The van der Waals surface area contributed by atoms with Crippen molar-refractivity contribution >= 4 is 11.5 Å². The molecule has 0 aliphatic carbocycles. The van der Waals surface area contributed by atoms with E-state index in [-0.39, 0.29) is 11.1 Å². The number of ether oxygens (including phenoxy) is 1. The second-order valence-corrected chi connectivity index (χ2v) is 4.52. The number of aromatic nitrogens is 2. The molecule has 0 radical (unpaired) electrons. The first-order valence-corrected chi connectivity index (χ1v) is 6.18. The lowest BCUT2D eigenvalue weighted by atomic mass is 10.1. The van der Waals surface area contributed by atoms with E-state index in [1.54, 1.807) is 30.5 Å². The smallest absolute Gasteiger partial charge is 0.337 e. The minimum Gasteiger partial charge on any atom is -0.465 e. The van der Waals surface area contributed by atoms with Gasteiger partial charge in [0.25, 0.3) is 5.56 Å². The van der Waals surface area contributed by atoms with Gasteiger partial charge in [0.2, 0.25) is 0 Å². The largest absolute Gasteiger partial charge is 0.465 e. The Hall–Kier alpha value is -2.89. The van der Waals surface area contributed by atoms with Crippen molar-refractivity contribution in [3.8, 4) is 11.3 Å². The molecule has 0 unspecified atom stereocenters. The van der Waals surface area contributed by atoms with Crippen LogP contribution in [0.15, 0.2) is 47.5 Å². The molecule has 0 amide bonds. The minimum atomic E-state index is -0.473. The molecule has 3 rings (SSSR count). The number of nitrogens with one attached hydrogen (secondary N) is 1. The summed E-state index contributed by atoms with van der Waals surface area (Å²) in [5.74, 6) is -0.906. The molecular weight excluding hydrogens is 275 g/mol. The maximum absolute atomic E-state index is 13.2. The van der Waals surface area contributed by atoms with Crippen molar-refractivity contribution in [1.29, 1.82) is 0 Å². The molecule has 106 valence electrons. The predicted octanol–water partition coefficient (Wildman–Crippen LogP) is 2.22.